The number of nitro groups is 1. The van der Waals surface area contributed by atoms with E-state index in [0.29, 0.717) is 22.0 Å². The number of nitrogens with one attached hydrogen (secondary N) is 2. The van der Waals surface area contributed by atoms with Crippen LogP contribution in [-0.2, 0) is 0 Å². The van der Waals surface area contributed by atoms with Crippen LogP contribution in [0.5, 0.6) is 0 Å². The minimum absolute atomic E-state index is 0.0345. The smallest absolute Gasteiger partial charge is 0.269 e. The Labute approximate surface area is 141 Å². The quantitative estimate of drug-likeness (QED) is 0.559. The van der Waals surface area contributed by atoms with Gasteiger partial charge in [0.05, 0.1) is 28.2 Å². The SMILES string of the molecule is CC(NC(=O)c1ccc2c(=O)[nH]cnc2c1)c1cccc([N+](=O)[O-])c1. The van der Waals surface area contributed by atoms with Crippen molar-refractivity contribution in [2.75, 3.05) is 0 Å². The number of aromatic amines is 1. The summed E-state index contributed by atoms with van der Waals surface area (Å²) in [6.45, 7) is 1.74. The van der Waals surface area contributed by atoms with Crippen LogP contribution in [-0.4, -0.2) is 20.8 Å². The maximum atomic E-state index is 12.4. The first-order valence-corrected chi connectivity index (χ1v) is 7.48. The summed E-state index contributed by atoms with van der Waals surface area (Å²) in [6.07, 6.45) is 1.28. The van der Waals surface area contributed by atoms with Crippen molar-refractivity contribution in [3.63, 3.8) is 0 Å². The zero-order chi connectivity index (χ0) is 18.0. The molecule has 3 rings (SSSR count). The van der Waals surface area contributed by atoms with Gasteiger partial charge in [0, 0.05) is 17.7 Å². The Morgan fingerprint density at radius 2 is 2.08 bits per heavy atom. The lowest BCUT2D eigenvalue weighted by Gasteiger charge is -2.14. The van der Waals surface area contributed by atoms with Crippen LogP contribution in [0.15, 0.2) is 53.6 Å². The fraction of sp³-hybridized carbons (Fsp3) is 0.118. The maximum Gasteiger partial charge on any atom is 0.269 e. The van der Waals surface area contributed by atoms with Crippen molar-refractivity contribution in [1.82, 2.24) is 15.3 Å². The lowest BCUT2D eigenvalue weighted by atomic mass is 10.1. The molecule has 0 spiro atoms. The van der Waals surface area contributed by atoms with E-state index in [0.717, 1.165) is 0 Å². The van der Waals surface area contributed by atoms with E-state index < -0.39 is 11.0 Å². The second kappa shape index (κ2) is 6.52. The summed E-state index contributed by atoms with van der Waals surface area (Å²) in [6, 6.07) is 10.3. The fourth-order valence-electron chi connectivity index (χ4n) is 2.48. The van der Waals surface area contributed by atoms with E-state index in [9.17, 15) is 19.7 Å². The number of fused-ring (bicyclic) bond motifs is 1. The monoisotopic (exact) mass is 338 g/mol. The molecule has 3 aromatic rings. The number of benzene rings is 2. The number of nitrogens with zero attached hydrogens (tertiary/aromatic N) is 2. The first-order chi connectivity index (χ1) is 12.0. The standard InChI is InChI=1S/C17H14N4O4/c1-10(11-3-2-4-13(7-11)21(24)25)20-16(22)12-5-6-14-15(8-12)18-9-19-17(14)23/h2-10H,1H3,(H,20,22)(H,18,19,23). The summed E-state index contributed by atoms with van der Waals surface area (Å²) in [4.78, 5) is 41.0. The normalized spacial score (nSPS) is 11.9. The molecule has 0 aliphatic carbocycles. The van der Waals surface area contributed by atoms with Crippen LogP contribution in [0.4, 0.5) is 5.69 Å². The Morgan fingerprint density at radius 3 is 2.84 bits per heavy atom. The van der Waals surface area contributed by atoms with Gasteiger partial charge in [-0.1, -0.05) is 12.1 Å². The van der Waals surface area contributed by atoms with Crippen LogP contribution in [0.25, 0.3) is 10.9 Å². The van der Waals surface area contributed by atoms with Crippen molar-refractivity contribution in [2.45, 2.75) is 13.0 Å². The van der Waals surface area contributed by atoms with Gasteiger partial charge in [0.2, 0.25) is 0 Å². The largest absolute Gasteiger partial charge is 0.346 e. The lowest BCUT2D eigenvalue weighted by molar-refractivity contribution is -0.384. The zero-order valence-corrected chi connectivity index (χ0v) is 13.2. The molecule has 0 aliphatic heterocycles. The minimum Gasteiger partial charge on any atom is -0.346 e. The maximum absolute atomic E-state index is 12.4. The lowest BCUT2D eigenvalue weighted by Crippen LogP contribution is -2.26. The van der Waals surface area contributed by atoms with Crippen molar-refractivity contribution in [2.24, 2.45) is 0 Å². The molecule has 1 aromatic heterocycles. The number of hydrogen-bond donors (Lipinski definition) is 2. The molecule has 0 aliphatic rings. The molecule has 25 heavy (non-hydrogen) atoms. The number of nitro benzene ring substituents is 1. The van der Waals surface area contributed by atoms with Crippen molar-refractivity contribution < 1.29 is 9.72 Å². The first-order valence-electron chi connectivity index (χ1n) is 7.48. The van der Waals surface area contributed by atoms with Crippen molar-refractivity contribution in [1.29, 1.82) is 0 Å². The molecule has 0 radical (unpaired) electrons. The molecule has 0 fully saturated rings. The number of hydrogen-bond acceptors (Lipinski definition) is 5. The Bertz CT molecular complexity index is 1030. The highest BCUT2D eigenvalue weighted by Gasteiger charge is 2.15. The topological polar surface area (TPSA) is 118 Å². The van der Waals surface area contributed by atoms with E-state index in [2.05, 4.69) is 15.3 Å². The van der Waals surface area contributed by atoms with Crippen LogP contribution in [0.2, 0.25) is 0 Å². The predicted molar refractivity (Wildman–Crippen MR) is 91.3 cm³/mol. The number of carbonyl (C=O) groups excluding carboxylic acids is 1. The molecule has 1 heterocycles. The predicted octanol–water partition coefficient (Wildman–Crippen LogP) is 2.32. The highest BCUT2D eigenvalue weighted by Crippen LogP contribution is 2.19. The average molecular weight is 338 g/mol. The number of rotatable bonds is 4. The van der Waals surface area contributed by atoms with Gasteiger partial charge in [0.25, 0.3) is 17.2 Å². The second-order valence-electron chi connectivity index (χ2n) is 5.51. The molecule has 1 unspecified atom stereocenters. The van der Waals surface area contributed by atoms with Gasteiger partial charge < -0.3 is 10.3 Å². The number of amides is 1. The summed E-state index contributed by atoms with van der Waals surface area (Å²) in [5.74, 6) is -0.358. The highest BCUT2D eigenvalue weighted by molar-refractivity contribution is 5.97. The van der Waals surface area contributed by atoms with Crippen LogP contribution < -0.4 is 10.9 Å². The Balaban J connectivity index is 1.83. The molecule has 8 nitrogen and oxygen atoms in total. The molecule has 0 saturated heterocycles. The van der Waals surface area contributed by atoms with Crippen LogP contribution in [0.1, 0.15) is 28.9 Å². The van der Waals surface area contributed by atoms with Gasteiger partial charge in [0.15, 0.2) is 0 Å². The third-order valence-electron chi connectivity index (χ3n) is 3.83. The van der Waals surface area contributed by atoms with E-state index in [-0.39, 0.29) is 17.2 Å². The van der Waals surface area contributed by atoms with Crippen molar-refractivity contribution in [3.05, 3.63) is 80.4 Å². The summed E-state index contributed by atoms with van der Waals surface area (Å²) in [7, 11) is 0. The van der Waals surface area contributed by atoms with E-state index in [1.807, 2.05) is 0 Å². The van der Waals surface area contributed by atoms with Crippen molar-refractivity contribution in [3.8, 4) is 0 Å². The van der Waals surface area contributed by atoms with E-state index in [1.165, 1.54) is 36.7 Å². The minimum atomic E-state index is -0.482. The van der Waals surface area contributed by atoms with E-state index >= 15 is 0 Å². The third kappa shape index (κ3) is 3.37. The number of non-ortho nitro benzene ring substituents is 1. The molecular formula is C17H14N4O4. The van der Waals surface area contributed by atoms with Gasteiger partial charge in [0.1, 0.15) is 0 Å². The number of H-pyrrole nitrogens is 1. The van der Waals surface area contributed by atoms with E-state index in [1.54, 1.807) is 19.1 Å². The van der Waals surface area contributed by atoms with Gasteiger partial charge in [-0.2, -0.15) is 0 Å². The Morgan fingerprint density at radius 1 is 1.28 bits per heavy atom. The van der Waals surface area contributed by atoms with Gasteiger partial charge in [-0.25, -0.2) is 4.98 Å². The molecule has 0 bridgehead atoms. The Kier molecular flexibility index (Phi) is 4.25. The molecule has 126 valence electrons. The van der Waals surface area contributed by atoms with Crippen LogP contribution in [0, 0.1) is 10.1 Å². The summed E-state index contributed by atoms with van der Waals surface area (Å²) in [5.41, 5.74) is 1.08. The molecule has 2 N–H and O–H groups in total. The average Bonchev–Trinajstić information content (AvgIpc) is 2.61. The molecule has 1 atom stereocenters. The van der Waals surface area contributed by atoms with Crippen molar-refractivity contribution >= 4 is 22.5 Å². The molecule has 0 saturated carbocycles. The summed E-state index contributed by atoms with van der Waals surface area (Å²) in [5, 5.41) is 14.0. The van der Waals surface area contributed by atoms with Gasteiger partial charge in [-0.3, -0.25) is 19.7 Å². The third-order valence-corrected chi connectivity index (χ3v) is 3.83. The fourth-order valence-corrected chi connectivity index (χ4v) is 2.48. The zero-order valence-electron chi connectivity index (χ0n) is 13.2. The molecular weight excluding hydrogens is 324 g/mol. The van der Waals surface area contributed by atoms with Gasteiger partial charge in [-0.15, -0.1) is 0 Å². The van der Waals surface area contributed by atoms with Crippen LogP contribution >= 0.6 is 0 Å². The highest BCUT2D eigenvalue weighted by atomic mass is 16.6. The van der Waals surface area contributed by atoms with Gasteiger partial charge >= 0.3 is 0 Å². The van der Waals surface area contributed by atoms with Gasteiger partial charge in [-0.05, 0) is 30.7 Å². The van der Waals surface area contributed by atoms with E-state index in [4.69, 9.17) is 0 Å². The second-order valence-corrected chi connectivity index (χ2v) is 5.51. The van der Waals surface area contributed by atoms with Crippen LogP contribution in [0.3, 0.4) is 0 Å². The first kappa shape index (κ1) is 16.3. The summed E-state index contributed by atoms with van der Waals surface area (Å²) >= 11 is 0. The number of carbonyl (C=O) groups is 1. The molecule has 1 amide bonds. The molecule has 8 heteroatoms. The number of aromatic nitrogens is 2. The molecule has 2 aromatic carbocycles. The summed E-state index contributed by atoms with van der Waals surface area (Å²) < 4.78 is 0. The Hall–Kier alpha value is -3.55.